The lowest BCUT2D eigenvalue weighted by atomic mass is 10.3. The van der Waals surface area contributed by atoms with Crippen LogP contribution in [0.25, 0.3) is 6.08 Å². The quantitative estimate of drug-likeness (QED) is 0.870. The molecule has 0 saturated heterocycles. The van der Waals surface area contributed by atoms with Crippen molar-refractivity contribution in [1.29, 1.82) is 0 Å². The number of benzene rings is 1. The number of halogens is 1. The maximum atomic E-state index is 12.2. The molecule has 6 heteroatoms. The van der Waals surface area contributed by atoms with E-state index in [1.807, 2.05) is 0 Å². The normalized spacial score (nSPS) is 11.2. The molecule has 1 aromatic heterocycles. The predicted octanol–water partition coefficient (Wildman–Crippen LogP) is 2.75. The first-order valence-electron chi connectivity index (χ1n) is 5.45. The van der Waals surface area contributed by atoms with Gasteiger partial charge in [-0.2, -0.15) is 10.2 Å². The van der Waals surface area contributed by atoms with E-state index in [1.54, 1.807) is 36.4 Å². The summed E-state index contributed by atoms with van der Waals surface area (Å²) in [6.45, 7) is 3.56. The van der Waals surface area contributed by atoms with Gasteiger partial charge in [0, 0.05) is 0 Å². The minimum Gasteiger partial charge on any atom is -0.223 e. The molecular weight excluding hydrogens is 284 g/mol. The molecule has 0 spiro atoms. The average Bonchev–Trinajstić information content (AvgIpc) is 2.39. The second-order valence-corrected chi connectivity index (χ2v) is 6.21. The van der Waals surface area contributed by atoms with Gasteiger partial charge in [0.15, 0.2) is 9.84 Å². The molecule has 0 aliphatic heterocycles. The lowest BCUT2D eigenvalue weighted by molar-refractivity contribution is 0.594. The van der Waals surface area contributed by atoms with Crippen molar-refractivity contribution in [2.24, 2.45) is 0 Å². The van der Waals surface area contributed by atoms with Crippen LogP contribution in [0.15, 0.2) is 47.9 Å². The zero-order valence-corrected chi connectivity index (χ0v) is 11.5. The van der Waals surface area contributed by atoms with Crippen molar-refractivity contribution in [3.63, 3.8) is 0 Å². The fourth-order valence-corrected chi connectivity index (χ4v) is 3.36. The molecule has 0 bridgehead atoms. The molecule has 2 rings (SSSR count). The van der Waals surface area contributed by atoms with Gasteiger partial charge in [-0.05, 0) is 30.3 Å². The first-order valence-corrected chi connectivity index (χ1v) is 7.48. The van der Waals surface area contributed by atoms with Gasteiger partial charge in [-0.1, -0.05) is 30.3 Å². The molecule has 4 nitrogen and oxygen atoms in total. The second-order valence-electron chi connectivity index (χ2n) is 3.84. The number of hydrogen-bond acceptors (Lipinski definition) is 4. The van der Waals surface area contributed by atoms with Crippen molar-refractivity contribution in [3.8, 4) is 0 Å². The van der Waals surface area contributed by atoms with Gasteiger partial charge in [-0.15, -0.1) is 0 Å². The van der Waals surface area contributed by atoms with E-state index in [0.29, 0.717) is 11.4 Å². The number of aromatic nitrogens is 2. The Balaban J connectivity index is 2.31. The van der Waals surface area contributed by atoms with E-state index in [9.17, 15) is 8.42 Å². The second kappa shape index (κ2) is 5.50. The van der Waals surface area contributed by atoms with Crippen LogP contribution in [0.1, 0.15) is 11.4 Å². The molecule has 0 fully saturated rings. The van der Waals surface area contributed by atoms with E-state index in [0.717, 1.165) is 0 Å². The van der Waals surface area contributed by atoms with Crippen LogP contribution < -0.4 is 0 Å². The summed E-state index contributed by atoms with van der Waals surface area (Å²) in [6.07, 6.45) is 1.54. The van der Waals surface area contributed by atoms with Crippen LogP contribution in [0.2, 0.25) is 5.02 Å². The zero-order chi connectivity index (χ0) is 13.9. The van der Waals surface area contributed by atoms with E-state index in [2.05, 4.69) is 16.8 Å². The Bertz CT molecular complexity index is 697. The largest absolute Gasteiger partial charge is 0.223 e. The molecule has 0 N–H and O–H groups in total. The van der Waals surface area contributed by atoms with Crippen LogP contribution in [0.3, 0.4) is 0 Å². The van der Waals surface area contributed by atoms with Gasteiger partial charge in [0.05, 0.1) is 27.1 Å². The highest BCUT2D eigenvalue weighted by atomic mass is 35.5. The Labute approximate surface area is 116 Å². The van der Waals surface area contributed by atoms with Crippen LogP contribution in [-0.4, -0.2) is 18.6 Å². The van der Waals surface area contributed by atoms with Gasteiger partial charge in [-0.25, -0.2) is 8.42 Å². The fraction of sp³-hybridized carbons (Fsp3) is 0.0769. The first kappa shape index (κ1) is 13.7. The molecule has 0 aliphatic carbocycles. The molecule has 0 atom stereocenters. The van der Waals surface area contributed by atoms with Crippen LogP contribution >= 0.6 is 11.6 Å². The minimum absolute atomic E-state index is 0.103. The summed E-state index contributed by atoms with van der Waals surface area (Å²) in [4.78, 5) is 0.103. The smallest absolute Gasteiger partial charge is 0.185 e. The third-order valence-electron chi connectivity index (χ3n) is 2.46. The van der Waals surface area contributed by atoms with E-state index >= 15 is 0 Å². The van der Waals surface area contributed by atoms with Crippen molar-refractivity contribution in [2.75, 3.05) is 0 Å². The highest BCUT2D eigenvalue weighted by Gasteiger charge is 2.19. The van der Waals surface area contributed by atoms with E-state index in [1.165, 1.54) is 6.07 Å². The molecule has 0 saturated carbocycles. The van der Waals surface area contributed by atoms with Gasteiger partial charge in [0.1, 0.15) is 0 Å². The van der Waals surface area contributed by atoms with E-state index in [-0.39, 0.29) is 15.7 Å². The van der Waals surface area contributed by atoms with E-state index < -0.39 is 9.84 Å². The maximum Gasteiger partial charge on any atom is 0.185 e. The molecule has 1 aromatic carbocycles. The van der Waals surface area contributed by atoms with Crippen molar-refractivity contribution >= 4 is 27.5 Å². The molecule has 0 unspecified atom stereocenters. The van der Waals surface area contributed by atoms with Crippen LogP contribution in [0, 0.1) is 0 Å². The summed E-state index contributed by atoms with van der Waals surface area (Å²) < 4.78 is 24.4. The van der Waals surface area contributed by atoms with E-state index in [4.69, 9.17) is 11.6 Å². The molecule has 19 heavy (non-hydrogen) atoms. The number of sulfone groups is 1. The minimum atomic E-state index is -3.52. The molecule has 0 amide bonds. The topological polar surface area (TPSA) is 59.9 Å². The predicted molar refractivity (Wildman–Crippen MR) is 74.5 cm³/mol. The van der Waals surface area contributed by atoms with Gasteiger partial charge < -0.3 is 0 Å². The van der Waals surface area contributed by atoms with Crippen LogP contribution in [0.4, 0.5) is 0 Å². The fourth-order valence-electron chi connectivity index (χ4n) is 1.53. The third-order valence-corrected chi connectivity index (χ3v) is 4.60. The summed E-state index contributed by atoms with van der Waals surface area (Å²) in [5.41, 5.74) is 0.962. The van der Waals surface area contributed by atoms with Crippen molar-refractivity contribution in [1.82, 2.24) is 10.2 Å². The monoisotopic (exact) mass is 294 g/mol. The summed E-state index contributed by atoms with van der Waals surface area (Å²) in [6, 6.07) is 9.60. The van der Waals surface area contributed by atoms with Gasteiger partial charge in [0.2, 0.25) is 0 Å². The summed E-state index contributed by atoms with van der Waals surface area (Å²) >= 11 is 5.89. The third kappa shape index (κ3) is 3.19. The SMILES string of the molecule is C=Cc1ccc(CS(=O)(=O)c2ccccc2Cl)nn1. The van der Waals surface area contributed by atoms with Crippen LogP contribution in [0.5, 0.6) is 0 Å². The van der Waals surface area contributed by atoms with Gasteiger partial charge in [0.25, 0.3) is 0 Å². The Kier molecular flexibility index (Phi) is 3.97. The average molecular weight is 295 g/mol. The molecule has 0 radical (unpaired) electrons. The lowest BCUT2D eigenvalue weighted by Crippen LogP contribution is -2.07. The highest BCUT2D eigenvalue weighted by Crippen LogP contribution is 2.23. The van der Waals surface area contributed by atoms with Crippen LogP contribution in [-0.2, 0) is 15.6 Å². The Hall–Kier alpha value is -1.72. The number of nitrogens with zero attached hydrogens (tertiary/aromatic N) is 2. The highest BCUT2D eigenvalue weighted by molar-refractivity contribution is 7.90. The zero-order valence-electron chi connectivity index (χ0n) is 9.95. The molecule has 0 aliphatic rings. The Morgan fingerprint density at radius 2 is 1.89 bits per heavy atom. The van der Waals surface area contributed by atoms with Gasteiger partial charge in [-0.3, -0.25) is 0 Å². The summed E-state index contributed by atoms with van der Waals surface area (Å²) in [5, 5.41) is 7.88. The Morgan fingerprint density at radius 1 is 1.16 bits per heavy atom. The number of hydrogen-bond donors (Lipinski definition) is 0. The van der Waals surface area contributed by atoms with Gasteiger partial charge >= 0.3 is 0 Å². The molecule has 1 heterocycles. The molecule has 98 valence electrons. The standard InChI is InChI=1S/C13H11ClN2O2S/c1-2-10-7-8-11(16-15-10)9-19(17,18)13-6-4-3-5-12(13)14/h2-8H,1,9H2. The van der Waals surface area contributed by atoms with Crippen molar-refractivity contribution < 1.29 is 8.42 Å². The lowest BCUT2D eigenvalue weighted by Gasteiger charge is -2.05. The summed E-state index contributed by atoms with van der Waals surface area (Å²) in [5.74, 6) is -0.235. The Morgan fingerprint density at radius 3 is 2.47 bits per heavy atom. The number of rotatable bonds is 4. The van der Waals surface area contributed by atoms with Crippen molar-refractivity contribution in [3.05, 3.63) is 59.4 Å². The summed E-state index contributed by atoms with van der Waals surface area (Å²) in [7, 11) is -3.52. The molecular formula is C13H11ClN2O2S. The first-order chi connectivity index (χ1) is 9.03. The molecule has 2 aromatic rings. The maximum absolute atomic E-state index is 12.2. The van der Waals surface area contributed by atoms with Crippen molar-refractivity contribution in [2.45, 2.75) is 10.6 Å².